The second kappa shape index (κ2) is 8.66. The van der Waals surface area contributed by atoms with Crippen molar-refractivity contribution in [1.82, 2.24) is 35.1 Å². The van der Waals surface area contributed by atoms with Crippen molar-refractivity contribution in [1.29, 1.82) is 0 Å². The molecule has 4 heterocycles. The Hall–Kier alpha value is -3.57. The Morgan fingerprint density at radius 1 is 1.16 bits per heavy atom. The smallest absolute Gasteiger partial charge is 0.205 e. The topological polar surface area (TPSA) is 130 Å². The molecular weight excluding hydrogens is 396 g/mol. The molecule has 1 atom stereocenters. The van der Waals surface area contributed by atoms with E-state index in [1.54, 1.807) is 25.6 Å². The molecule has 3 aromatic heterocycles. The second-order valence-corrected chi connectivity index (χ2v) is 6.83. The molecule has 4 rings (SSSR count). The van der Waals surface area contributed by atoms with Gasteiger partial charge >= 0.3 is 0 Å². The molecule has 0 amide bonds. The number of rotatable bonds is 7. The van der Waals surface area contributed by atoms with Crippen molar-refractivity contribution in [3.8, 4) is 11.5 Å². The second-order valence-electron chi connectivity index (χ2n) is 6.83. The molecule has 3 aromatic rings. The normalized spacial score (nSPS) is 15.1. The molecule has 0 saturated carbocycles. The van der Waals surface area contributed by atoms with E-state index < -0.39 is 6.23 Å². The number of aliphatic imine (C=N–C) groups is 1. The molecular formula is C20H24N10O. The van der Waals surface area contributed by atoms with Crippen LogP contribution in [0.25, 0.3) is 11.5 Å². The lowest BCUT2D eigenvalue weighted by molar-refractivity contribution is 0.216. The van der Waals surface area contributed by atoms with Crippen molar-refractivity contribution in [2.24, 2.45) is 10.1 Å². The Balaban J connectivity index is 1.79. The van der Waals surface area contributed by atoms with Crippen molar-refractivity contribution in [3.05, 3.63) is 42.2 Å². The number of pyridine rings is 1. The minimum absolute atomic E-state index is 0.338. The third-order valence-electron chi connectivity index (χ3n) is 4.99. The Bertz CT molecular complexity index is 1130. The van der Waals surface area contributed by atoms with Gasteiger partial charge in [0.15, 0.2) is 6.23 Å². The number of fused-ring (bicyclic) bond motifs is 1. The Kier molecular flexibility index (Phi) is 5.78. The molecule has 11 heteroatoms. The summed E-state index contributed by atoms with van der Waals surface area (Å²) in [7, 11) is 1.64. The Morgan fingerprint density at radius 3 is 2.58 bits per heavy atom. The van der Waals surface area contributed by atoms with Crippen molar-refractivity contribution >= 4 is 22.9 Å². The number of hydrogen-bond acceptors (Lipinski definition) is 10. The van der Waals surface area contributed by atoms with Gasteiger partial charge in [0, 0.05) is 25.5 Å². The molecule has 0 radical (unpaired) electrons. The van der Waals surface area contributed by atoms with Gasteiger partial charge in [-0.15, -0.1) is 10.2 Å². The molecule has 2 N–H and O–H groups in total. The van der Waals surface area contributed by atoms with Crippen LogP contribution in [0.4, 0.5) is 11.5 Å². The summed E-state index contributed by atoms with van der Waals surface area (Å²) in [5, 5.41) is 26.2. The van der Waals surface area contributed by atoms with Gasteiger partial charge in [-0.1, -0.05) is 0 Å². The van der Waals surface area contributed by atoms with Crippen LogP contribution in [0.2, 0.25) is 0 Å². The fourth-order valence-electron chi connectivity index (χ4n) is 3.30. The van der Waals surface area contributed by atoms with E-state index in [-0.39, 0.29) is 0 Å². The van der Waals surface area contributed by atoms with Crippen LogP contribution in [-0.4, -0.2) is 72.7 Å². The van der Waals surface area contributed by atoms with E-state index >= 15 is 0 Å². The highest BCUT2D eigenvalue weighted by Gasteiger charge is 2.33. The van der Waals surface area contributed by atoms with Gasteiger partial charge in [0.1, 0.15) is 22.9 Å². The van der Waals surface area contributed by atoms with Crippen LogP contribution in [-0.2, 0) is 0 Å². The van der Waals surface area contributed by atoms with E-state index in [0.717, 1.165) is 24.6 Å². The summed E-state index contributed by atoms with van der Waals surface area (Å²) in [5.41, 5.74) is 2.71. The highest BCUT2D eigenvalue weighted by molar-refractivity contribution is 6.50. The molecule has 1 unspecified atom stereocenters. The van der Waals surface area contributed by atoms with E-state index in [9.17, 15) is 5.11 Å². The lowest BCUT2D eigenvalue weighted by Gasteiger charge is -2.20. The van der Waals surface area contributed by atoms with Crippen LogP contribution in [0.1, 0.15) is 25.4 Å². The van der Waals surface area contributed by atoms with Crippen LogP contribution < -0.4 is 10.2 Å². The van der Waals surface area contributed by atoms with Crippen molar-refractivity contribution < 1.29 is 5.11 Å². The minimum Gasteiger partial charge on any atom is -0.373 e. The number of nitrogens with one attached hydrogen (secondary N) is 1. The summed E-state index contributed by atoms with van der Waals surface area (Å²) in [6.07, 6.45) is 3.70. The monoisotopic (exact) mass is 420 g/mol. The average Bonchev–Trinajstić information content (AvgIpc) is 3.36. The quantitative estimate of drug-likeness (QED) is 0.545. The van der Waals surface area contributed by atoms with Gasteiger partial charge in [-0.2, -0.15) is 9.78 Å². The van der Waals surface area contributed by atoms with Gasteiger partial charge < -0.3 is 10.0 Å². The largest absolute Gasteiger partial charge is 0.373 e. The zero-order chi connectivity index (χ0) is 22.0. The van der Waals surface area contributed by atoms with Gasteiger partial charge in [-0.05, 0) is 40.0 Å². The number of nitrogens with zero attached hydrogens (tertiary/aromatic N) is 9. The number of hydrogen-bond donors (Lipinski definition) is 2. The maximum absolute atomic E-state index is 10.5. The molecule has 0 saturated heterocycles. The van der Waals surface area contributed by atoms with E-state index in [4.69, 9.17) is 9.98 Å². The van der Waals surface area contributed by atoms with E-state index in [1.165, 1.54) is 4.68 Å². The SMILES string of the molecule is CCN(CC)c1ccc(/N=C2/C(C(O)NC)=Nn3c2nnc3-c2cnccn2)c(C)n1. The average molecular weight is 420 g/mol. The van der Waals surface area contributed by atoms with E-state index in [2.05, 4.69) is 49.3 Å². The maximum Gasteiger partial charge on any atom is 0.205 e. The molecule has 0 spiro atoms. The molecule has 0 fully saturated rings. The van der Waals surface area contributed by atoms with Gasteiger partial charge in [-0.3, -0.25) is 10.3 Å². The molecule has 1 aliphatic rings. The van der Waals surface area contributed by atoms with Gasteiger partial charge in [0.25, 0.3) is 0 Å². The Morgan fingerprint density at radius 2 is 1.94 bits per heavy atom. The van der Waals surface area contributed by atoms with Crippen LogP contribution in [0.5, 0.6) is 0 Å². The molecule has 1 aliphatic heterocycles. The molecule has 0 bridgehead atoms. The fourth-order valence-corrected chi connectivity index (χ4v) is 3.30. The van der Waals surface area contributed by atoms with Gasteiger partial charge in [0.05, 0.1) is 17.6 Å². The summed E-state index contributed by atoms with van der Waals surface area (Å²) < 4.78 is 1.52. The standard InChI is InChI=1S/C20H24N10O/c1-5-29(6-2)15-8-7-13(12(3)24-15)25-16-17(20(31)21-4)28-30-18(26-27-19(16)30)14-11-22-9-10-23-14/h7-11,20-21,31H,5-6H2,1-4H3/b25-16-. The van der Waals surface area contributed by atoms with Crippen molar-refractivity contribution in [2.75, 3.05) is 25.0 Å². The highest BCUT2D eigenvalue weighted by atomic mass is 16.3. The first-order valence-electron chi connectivity index (χ1n) is 10.0. The lowest BCUT2D eigenvalue weighted by atomic mass is 10.2. The molecule has 0 aliphatic carbocycles. The van der Waals surface area contributed by atoms with Crippen molar-refractivity contribution in [2.45, 2.75) is 27.0 Å². The summed E-state index contributed by atoms with van der Waals surface area (Å²) in [6.45, 7) is 7.84. The number of aliphatic hydroxyl groups excluding tert-OH is 1. The van der Waals surface area contributed by atoms with Crippen molar-refractivity contribution in [3.63, 3.8) is 0 Å². The highest BCUT2D eigenvalue weighted by Crippen LogP contribution is 2.26. The van der Waals surface area contributed by atoms with Gasteiger partial charge in [-0.25, -0.2) is 15.0 Å². The lowest BCUT2D eigenvalue weighted by Crippen LogP contribution is -2.37. The fraction of sp³-hybridized carbons (Fsp3) is 0.350. The van der Waals surface area contributed by atoms with E-state index in [0.29, 0.717) is 34.5 Å². The summed E-state index contributed by atoms with van der Waals surface area (Å²) in [6, 6.07) is 3.85. The Labute approximate surface area is 179 Å². The molecule has 0 aromatic carbocycles. The van der Waals surface area contributed by atoms with Crippen LogP contribution in [0.3, 0.4) is 0 Å². The molecule has 160 valence electrons. The summed E-state index contributed by atoms with van der Waals surface area (Å²) >= 11 is 0. The van der Waals surface area contributed by atoms with Crippen LogP contribution >= 0.6 is 0 Å². The predicted molar refractivity (Wildman–Crippen MR) is 118 cm³/mol. The van der Waals surface area contributed by atoms with Gasteiger partial charge in [0.2, 0.25) is 11.6 Å². The molecule has 31 heavy (non-hydrogen) atoms. The molecule has 11 nitrogen and oxygen atoms in total. The zero-order valence-electron chi connectivity index (χ0n) is 17.9. The maximum atomic E-state index is 10.5. The number of aromatic nitrogens is 6. The number of aliphatic hydroxyl groups is 1. The first-order chi connectivity index (χ1) is 15.1. The number of anilines is 1. The predicted octanol–water partition coefficient (Wildman–Crippen LogP) is 1.16. The summed E-state index contributed by atoms with van der Waals surface area (Å²) in [4.78, 5) is 20.0. The summed E-state index contributed by atoms with van der Waals surface area (Å²) in [5.74, 6) is 1.73. The van der Waals surface area contributed by atoms with Crippen LogP contribution in [0, 0.1) is 6.92 Å². The van der Waals surface area contributed by atoms with E-state index in [1.807, 2.05) is 19.1 Å². The number of aryl methyl sites for hydroxylation is 1. The third kappa shape index (κ3) is 3.80. The first kappa shape index (κ1) is 20.7. The third-order valence-corrected chi connectivity index (χ3v) is 4.99. The van der Waals surface area contributed by atoms with Crippen LogP contribution in [0.15, 0.2) is 40.8 Å². The zero-order valence-corrected chi connectivity index (χ0v) is 17.9. The minimum atomic E-state index is -1.03. The first-order valence-corrected chi connectivity index (χ1v) is 10.0.